The third-order valence-electron chi connectivity index (χ3n) is 4.21. The Morgan fingerprint density at radius 2 is 2.04 bits per heavy atom. The molecule has 2 heterocycles. The fraction of sp³-hybridized carbons (Fsp3) is 0.692. The van der Waals surface area contributed by atoms with Crippen LogP contribution in [0.3, 0.4) is 0 Å². The van der Waals surface area contributed by atoms with Gasteiger partial charge in [0.1, 0.15) is 0 Å². The Balaban J connectivity index is 0.00000192. The van der Waals surface area contributed by atoms with Crippen molar-refractivity contribution in [1.29, 1.82) is 0 Å². The Bertz CT molecular complexity index is 670. The number of hydrogen-bond acceptors (Lipinski definition) is 6. The number of nitrogens with one attached hydrogen (secondary N) is 2. The van der Waals surface area contributed by atoms with Crippen molar-refractivity contribution >= 4 is 34.2 Å². The number of hydrogen-bond donors (Lipinski definition) is 2. The van der Waals surface area contributed by atoms with Crippen molar-refractivity contribution in [3.63, 3.8) is 0 Å². The molecule has 1 aliphatic heterocycles. The minimum Gasteiger partial charge on any atom is -0.371 e. The van der Waals surface area contributed by atoms with E-state index in [1.54, 1.807) is 7.05 Å². The first-order chi connectivity index (χ1) is 10.4. The van der Waals surface area contributed by atoms with E-state index in [1.807, 2.05) is 4.90 Å². The van der Waals surface area contributed by atoms with E-state index in [0.29, 0.717) is 25.0 Å². The maximum absolute atomic E-state index is 13.5. The summed E-state index contributed by atoms with van der Waals surface area (Å²) in [5.41, 5.74) is 0. The lowest BCUT2D eigenvalue weighted by Gasteiger charge is -2.17. The number of nitrogens with zero attached hydrogens (tertiary/aromatic N) is 3. The standard InChI is InChI=1S/C13H20FN5O2S.ClH/c1-15-12-10(14)5-16-13(17-12)19-6-9(8-3-4-8)11(7-19)18-22(2,20)21;/h5,8-9,11,18H,3-4,6-7H2,1-2H3,(H,15,16,17);1H/t9-,11+;/m1./s1. The highest BCUT2D eigenvalue weighted by Crippen LogP contribution is 2.42. The summed E-state index contributed by atoms with van der Waals surface area (Å²) in [7, 11) is -1.66. The smallest absolute Gasteiger partial charge is 0.227 e. The van der Waals surface area contributed by atoms with Gasteiger partial charge < -0.3 is 10.2 Å². The summed E-state index contributed by atoms with van der Waals surface area (Å²) in [5, 5.41) is 2.69. The summed E-state index contributed by atoms with van der Waals surface area (Å²) in [5.74, 6) is 0.867. The van der Waals surface area contributed by atoms with Crippen LogP contribution in [0, 0.1) is 17.7 Å². The van der Waals surface area contributed by atoms with Crippen LogP contribution in [-0.2, 0) is 10.0 Å². The van der Waals surface area contributed by atoms with Crippen LogP contribution in [0.5, 0.6) is 0 Å². The predicted molar refractivity (Wildman–Crippen MR) is 89.0 cm³/mol. The zero-order valence-electron chi connectivity index (χ0n) is 13.0. The molecule has 0 unspecified atom stereocenters. The third-order valence-corrected chi connectivity index (χ3v) is 4.94. The highest BCUT2D eigenvalue weighted by atomic mass is 35.5. The van der Waals surface area contributed by atoms with Crippen molar-refractivity contribution in [2.45, 2.75) is 18.9 Å². The molecule has 1 aliphatic carbocycles. The molecule has 0 radical (unpaired) electrons. The van der Waals surface area contributed by atoms with E-state index in [4.69, 9.17) is 0 Å². The van der Waals surface area contributed by atoms with E-state index in [0.717, 1.165) is 19.0 Å². The molecule has 0 aromatic carbocycles. The lowest BCUT2D eigenvalue weighted by atomic mass is 9.99. The molecule has 1 saturated heterocycles. The number of halogens is 2. The molecule has 2 aliphatic rings. The second-order valence-corrected chi connectivity index (χ2v) is 7.80. The first-order valence-corrected chi connectivity index (χ1v) is 9.19. The number of anilines is 2. The molecule has 0 bridgehead atoms. The summed E-state index contributed by atoms with van der Waals surface area (Å²) in [6, 6.07) is -0.144. The number of sulfonamides is 1. The van der Waals surface area contributed by atoms with Gasteiger partial charge in [-0.15, -0.1) is 12.4 Å². The summed E-state index contributed by atoms with van der Waals surface area (Å²) >= 11 is 0. The quantitative estimate of drug-likeness (QED) is 0.804. The second-order valence-electron chi connectivity index (χ2n) is 6.02. The maximum atomic E-state index is 13.5. The SMILES string of the molecule is CNc1nc(N2C[C@H](NS(C)(=O)=O)[C@@H](C3CC3)C2)ncc1F.Cl. The monoisotopic (exact) mass is 365 g/mol. The largest absolute Gasteiger partial charge is 0.371 e. The van der Waals surface area contributed by atoms with Gasteiger partial charge in [-0.2, -0.15) is 4.98 Å². The summed E-state index contributed by atoms with van der Waals surface area (Å²) in [6.07, 6.45) is 4.57. The Morgan fingerprint density at radius 3 is 2.61 bits per heavy atom. The molecule has 2 atom stereocenters. The Morgan fingerprint density at radius 1 is 1.35 bits per heavy atom. The van der Waals surface area contributed by atoms with Crippen LogP contribution in [0.4, 0.5) is 16.2 Å². The van der Waals surface area contributed by atoms with Gasteiger partial charge in [0.05, 0.1) is 12.5 Å². The number of rotatable bonds is 5. The third kappa shape index (κ3) is 4.21. The molecule has 2 fully saturated rings. The van der Waals surface area contributed by atoms with Crippen LogP contribution >= 0.6 is 12.4 Å². The Hall–Kier alpha value is -1.19. The van der Waals surface area contributed by atoms with Crippen LogP contribution in [0.2, 0.25) is 0 Å². The minimum absolute atomic E-state index is 0. The maximum Gasteiger partial charge on any atom is 0.227 e. The fourth-order valence-electron chi connectivity index (χ4n) is 3.08. The van der Waals surface area contributed by atoms with Crippen molar-refractivity contribution in [3.8, 4) is 0 Å². The number of aromatic nitrogens is 2. The Kier molecular flexibility index (Phi) is 5.32. The van der Waals surface area contributed by atoms with E-state index >= 15 is 0 Å². The van der Waals surface area contributed by atoms with Crippen LogP contribution in [0.1, 0.15) is 12.8 Å². The van der Waals surface area contributed by atoms with E-state index in [2.05, 4.69) is 20.0 Å². The summed E-state index contributed by atoms with van der Waals surface area (Å²) in [4.78, 5) is 10.1. The molecule has 3 rings (SSSR count). The fourth-order valence-corrected chi connectivity index (χ4v) is 3.88. The average Bonchev–Trinajstić information content (AvgIpc) is 3.20. The zero-order chi connectivity index (χ0) is 15.9. The molecule has 0 spiro atoms. The highest BCUT2D eigenvalue weighted by molar-refractivity contribution is 7.88. The van der Waals surface area contributed by atoms with E-state index < -0.39 is 15.8 Å². The molecule has 130 valence electrons. The summed E-state index contributed by atoms with van der Waals surface area (Å²) in [6.45, 7) is 1.19. The summed E-state index contributed by atoms with van der Waals surface area (Å²) < 4.78 is 39.3. The molecule has 23 heavy (non-hydrogen) atoms. The van der Waals surface area contributed by atoms with Crippen LogP contribution in [-0.4, -0.2) is 50.8 Å². The molecule has 1 aromatic heterocycles. The van der Waals surface area contributed by atoms with Crippen molar-refractivity contribution in [2.75, 3.05) is 36.6 Å². The van der Waals surface area contributed by atoms with Gasteiger partial charge in [-0.25, -0.2) is 22.5 Å². The molecule has 1 saturated carbocycles. The van der Waals surface area contributed by atoms with E-state index in [1.165, 1.54) is 6.26 Å². The molecule has 0 amide bonds. The molecular formula is C13H21ClFN5O2S. The molecular weight excluding hydrogens is 345 g/mol. The molecule has 1 aromatic rings. The zero-order valence-corrected chi connectivity index (χ0v) is 14.6. The van der Waals surface area contributed by atoms with Crippen LogP contribution in [0.15, 0.2) is 6.20 Å². The van der Waals surface area contributed by atoms with Crippen molar-refractivity contribution in [3.05, 3.63) is 12.0 Å². The second kappa shape index (κ2) is 6.74. The van der Waals surface area contributed by atoms with Gasteiger partial charge in [0.25, 0.3) is 0 Å². The Labute approximate surface area is 141 Å². The minimum atomic E-state index is -3.26. The molecule has 2 N–H and O–H groups in total. The van der Waals surface area contributed by atoms with Gasteiger partial charge in [0.2, 0.25) is 16.0 Å². The molecule has 10 heteroatoms. The normalized spacial score (nSPS) is 24.4. The van der Waals surface area contributed by atoms with Gasteiger partial charge in [0, 0.05) is 26.2 Å². The topological polar surface area (TPSA) is 87.2 Å². The van der Waals surface area contributed by atoms with Crippen LogP contribution < -0.4 is 14.9 Å². The highest BCUT2D eigenvalue weighted by Gasteiger charge is 2.44. The van der Waals surface area contributed by atoms with Crippen LogP contribution in [0.25, 0.3) is 0 Å². The van der Waals surface area contributed by atoms with Gasteiger partial charge in [-0.05, 0) is 24.7 Å². The lowest BCUT2D eigenvalue weighted by Crippen LogP contribution is -2.40. The van der Waals surface area contributed by atoms with Gasteiger partial charge in [0.15, 0.2) is 11.6 Å². The van der Waals surface area contributed by atoms with E-state index in [-0.39, 0.29) is 30.2 Å². The average molecular weight is 366 g/mol. The van der Waals surface area contributed by atoms with Gasteiger partial charge in [-0.1, -0.05) is 0 Å². The van der Waals surface area contributed by atoms with E-state index in [9.17, 15) is 12.8 Å². The van der Waals surface area contributed by atoms with Crippen molar-refractivity contribution in [1.82, 2.24) is 14.7 Å². The van der Waals surface area contributed by atoms with Gasteiger partial charge in [-0.3, -0.25) is 0 Å². The molecule has 7 nitrogen and oxygen atoms in total. The first kappa shape index (κ1) is 18.2. The van der Waals surface area contributed by atoms with Gasteiger partial charge >= 0.3 is 0 Å². The van der Waals surface area contributed by atoms with Crippen molar-refractivity contribution < 1.29 is 12.8 Å². The predicted octanol–water partition coefficient (Wildman–Crippen LogP) is 0.843. The lowest BCUT2D eigenvalue weighted by molar-refractivity contribution is 0.427. The van der Waals surface area contributed by atoms with Crippen molar-refractivity contribution in [2.24, 2.45) is 11.8 Å². The first-order valence-electron chi connectivity index (χ1n) is 7.30.